The molecule has 0 amide bonds. The molecule has 0 aromatic carbocycles. The largest absolute Gasteiger partial charge is 0.387 e. The predicted octanol–water partition coefficient (Wildman–Crippen LogP) is -2.79. The summed E-state index contributed by atoms with van der Waals surface area (Å²) < 4.78 is 4.92. The average Bonchev–Trinajstić information content (AvgIpc) is 2.40. The van der Waals surface area contributed by atoms with E-state index in [-0.39, 0.29) is 0 Å². The molecular weight excluding hydrogens is 152 g/mol. The lowest BCUT2D eigenvalue weighted by Crippen LogP contribution is -2.52. The maximum atomic E-state index is 9.13. The molecule has 2 rings (SSSR count). The van der Waals surface area contributed by atoms with Gasteiger partial charge in [0.15, 0.2) is 0 Å². The smallest absolute Gasteiger partial charge is 0.115 e. The van der Waals surface area contributed by atoms with Crippen LogP contribution in [0.4, 0.5) is 0 Å². The molecule has 0 aromatic heterocycles. The Kier molecular flexibility index (Phi) is 1.45. The van der Waals surface area contributed by atoms with Crippen LogP contribution >= 0.6 is 0 Å². The molecule has 0 aliphatic carbocycles. The Morgan fingerprint density at radius 3 is 1.09 bits per heavy atom. The van der Waals surface area contributed by atoms with Gasteiger partial charge in [0.25, 0.3) is 0 Å². The van der Waals surface area contributed by atoms with Gasteiger partial charge < -0.3 is 25.2 Å². The molecule has 2 aliphatic heterocycles. The molecule has 0 aromatic rings. The van der Waals surface area contributed by atoms with Gasteiger partial charge in [0.2, 0.25) is 0 Å². The van der Waals surface area contributed by atoms with Gasteiger partial charge in [0, 0.05) is 0 Å². The minimum atomic E-state index is -1.07. The van der Waals surface area contributed by atoms with Crippen LogP contribution < -0.4 is 0 Å². The zero-order valence-corrected chi connectivity index (χ0v) is 5.66. The molecule has 2 fully saturated rings. The van der Waals surface area contributed by atoms with Gasteiger partial charge in [-0.2, -0.15) is 0 Å². The Hall–Kier alpha value is -0.200. The summed E-state index contributed by atoms with van der Waals surface area (Å²) in [6.07, 6.45) is -5.94. The molecule has 4 N–H and O–H groups in total. The lowest BCUT2D eigenvalue weighted by Gasteiger charge is -2.26. The summed E-state index contributed by atoms with van der Waals surface area (Å²) in [6, 6.07) is 0. The van der Waals surface area contributed by atoms with Crippen molar-refractivity contribution in [2.45, 2.75) is 36.6 Å². The highest BCUT2D eigenvalue weighted by Crippen LogP contribution is 2.35. The number of hydrogen-bond acceptors (Lipinski definition) is 5. The minimum absolute atomic E-state index is 0.829. The van der Waals surface area contributed by atoms with E-state index >= 15 is 0 Å². The van der Waals surface area contributed by atoms with Crippen molar-refractivity contribution < 1.29 is 25.2 Å². The van der Waals surface area contributed by atoms with E-state index < -0.39 is 36.6 Å². The maximum Gasteiger partial charge on any atom is 0.115 e. The van der Waals surface area contributed by atoms with Gasteiger partial charge in [0.1, 0.15) is 36.6 Å². The lowest BCUT2D eigenvalue weighted by atomic mass is 9.90. The van der Waals surface area contributed by atoms with Crippen LogP contribution in [0.1, 0.15) is 0 Å². The van der Waals surface area contributed by atoms with Gasteiger partial charge in [-0.3, -0.25) is 0 Å². The first-order valence-electron chi connectivity index (χ1n) is 3.50. The number of hydrogen-bond donors (Lipinski definition) is 4. The molecule has 0 saturated carbocycles. The Balaban J connectivity index is 2.21. The fourth-order valence-corrected chi connectivity index (χ4v) is 1.68. The zero-order valence-electron chi connectivity index (χ0n) is 5.66. The van der Waals surface area contributed by atoms with E-state index in [1.807, 2.05) is 0 Å². The van der Waals surface area contributed by atoms with Crippen LogP contribution in [0.5, 0.6) is 0 Å². The van der Waals surface area contributed by atoms with Crippen LogP contribution in [-0.2, 0) is 4.74 Å². The molecule has 0 radical (unpaired) electrons. The third-order valence-corrected chi connectivity index (χ3v) is 2.36. The van der Waals surface area contributed by atoms with E-state index in [0.29, 0.717) is 0 Å². The quantitative estimate of drug-likeness (QED) is 0.309. The Bertz CT molecular complexity index is 138. The normalized spacial score (nSPS) is 62.2. The van der Waals surface area contributed by atoms with Crippen molar-refractivity contribution in [2.75, 3.05) is 0 Å². The topological polar surface area (TPSA) is 90.2 Å². The fraction of sp³-hybridized carbons (Fsp3) is 1.00. The van der Waals surface area contributed by atoms with Crippen LogP contribution in [0.15, 0.2) is 0 Å². The highest BCUT2D eigenvalue weighted by atomic mass is 16.6. The molecule has 2 bridgehead atoms. The maximum absolute atomic E-state index is 9.13. The van der Waals surface area contributed by atoms with Crippen LogP contribution in [-0.4, -0.2) is 57.0 Å². The highest BCUT2D eigenvalue weighted by Gasteiger charge is 2.58. The first-order chi connectivity index (χ1) is 5.13. The number of fused-ring (bicyclic) bond motifs is 2. The summed E-state index contributed by atoms with van der Waals surface area (Å²) in [5.74, 6) is 0. The van der Waals surface area contributed by atoms with Gasteiger partial charge in [-0.05, 0) is 0 Å². The number of ether oxygens (including phenoxy) is 1. The van der Waals surface area contributed by atoms with Crippen molar-refractivity contribution in [1.82, 2.24) is 0 Å². The molecule has 4 unspecified atom stereocenters. The number of aliphatic hydroxyl groups excluding tert-OH is 4. The van der Waals surface area contributed by atoms with E-state index in [0.717, 1.165) is 0 Å². The standard InChI is InChI=1S/C6H10O5/c7-1-2(8)6-4(10)3(9)5(1)11-6/h1-10H. The average molecular weight is 162 g/mol. The van der Waals surface area contributed by atoms with E-state index in [1.165, 1.54) is 0 Å². The van der Waals surface area contributed by atoms with Crippen molar-refractivity contribution in [3.63, 3.8) is 0 Å². The molecular formula is C6H10O5. The lowest BCUT2D eigenvalue weighted by molar-refractivity contribution is -0.0819. The first kappa shape index (κ1) is 7.45. The summed E-state index contributed by atoms with van der Waals surface area (Å²) in [4.78, 5) is 0. The third-order valence-electron chi connectivity index (χ3n) is 2.36. The van der Waals surface area contributed by atoms with E-state index in [1.54, 1.807) is 0 Å². The second-order valence-electron chi connectivity index (χ2n) is 3.03. The molecule has 2 aliphatic rings. The fourth-order valence-electron chi connectivity index (χ4n) is 1.68. The van der Waals surface area contributed by atoms with E-state index in [2.05, 4.69) is 0 Å². The van der Waals surface area contributed by atoms with Gasteiger partial charge in [-0.25, -0.2) is 0 Å². The molecule has 2 saturated heterocycles. The van der Waals surface area contributed by atoms with Gasteiger partial charge >= 0.3 is 0 Å². The van der Waals surface area contributed by atoms with Crippen molar-refractivity contribution >= 4 is 0 Å². The van der Waals surface area contributed by atoms with Gasteiger partial charge in [0.05, 0.1) is 0 Å². The Morgan fingerprint density at radius 2 is 0.909 bits per heavy atom. The second kappa shape index (κ2) is 2.15. The SMILES string of the molecule is OC1C(O)C2OC1C(O)C2O. The van der Waals surface area contributed by atoms with E-state index in [9.17, 15) is 0 Å². The summed E-state index contributed by atoms with van der Waals surface area (Å²) >= 11 is 0. The third kappa shape index (κ3) is 0.771. The monoisotopic (exact) mass is 162 g/mol. The van der Waals surface area contributed by atoms with Crippen LogP contribution in [0.2, 0.25) is 0 Å². The Morgan fingerprint density at radius 1 is 0.636 bits per heavy atom. The predicted molar refractivity (Wildman–Crippen MR) is 32.7 cm³/mol. The second-order valence-corrected chi connectivity index (χ2v) is 3.03. The molecule has 0 spiro atoms. The molecule has 64 valence electrons. The van der Waals surface area contributed by atoms with Gasteiger partial charge in [-0.15, -0.1) is 0 Å². The van der Waals surface area contributed by atoms with Crippen molar-refractivity contribution in [3.05, 3.63) is 0 Å². The number of rotatable bonds is 0. The summed E-state index contributed by atoms with van der Waals surface area (Å²) in [5.41, 5.74) is 0. The molecule has 11 heavy (non-hydrogen) atoms. The highest BCUT2D eigenvalue weighted by molar-refractivity contribution is 5.07. The van der Waals surface area contributed by atoms with Crippen LogP contribution in [0.3, 0.4) is 0 Å². The van der Waals surface area contributed by atoms with Gasteiger partial charge in [-0.1, -0.05) is 0 Å². The first-order valence-corrected chi connectivity index (χ1v) is 3.50. The van der Waals surface area contributed by atoms with Crippen molar-refractivity contribution in [3.8, 4) is 0 Å². The zero-order chi connectivity index (χ0) is 8.17. The van der Waals surface area contributed by atoms with E-state index in [4.69, 9.17) is 25.2 Å². The summed E-state index contributed by atoms with van der Waals surface area (Å²) in [7, 11) is 0. The summed E-state index contributed by atoms with van der Waals surface area (Å²) in [6.45, 7) is 0. The molecule has 5 nitrogen and oxygen atoms in total. The molecule has 2 heterocycles. The summed E-state index contributed by atoms with van der Waals surface area (Å²) in [5, 5.41) is 36.5. The van der Waals surface area contributed by atoms with Crippen LogP contribution in [0.25, 0.3) is 0 Å². The van der Waals surface area contributed by atoms with Crippen molar-refractivity contribution in [1.29, 1.82) is 0 Å². The number of aliphatic hydroxyl groups is 4. The minimum Gasteiger partial charge on any atom is -0.387 e. The molecule has 4 atom stereocenters. The van der Waals surface area contributed by atoms with Crippen LogP contribution in [0, 0.1) is 0 Å². The molecule has 5 heteroatoms. The Labute approximate surface area is 62.8 Å². The van der Waals surface area contributed by atoms with Crippen molar-refractivity contribution in [2.24, 2.45) is 0 Å².